The molecule has 2 atom stereocenters. The summed E-state index contributed by atoms with van der Waals surface area (Å²) in [6.07, 6.45) is 6.33. The fourth-order valence-electron chi connectivity index (χ4n) is 1.90. The Morgan fingerprint density at radius 2 is 2.37 bits per heavy atom. The minimum Gasteiger partial charge on any atom is -0.480 e. The van der Waals surface area contributed by atoms with E-state index in [2.05, 4.69) is 4.98 Å². The largest absolute Gasteiger partial charge is 0.480 e. The molecule has 1 aromatic heterocycles. The Kier molecular flexibility index (Phi) is 4.21. The van der Waals surface area contributed by atoms with Gasteiger partial charge in [0.25, 0.3) is 0 Å². The van der Waals surface area contributed by atoms with Crippen LogP contribution < -0.4 is 0 Å². The van der Waals surface area contributed by atoms with Gasteiger partial charge in [-0.25, -0.2) is 4.79 Å². The molecule has 2 heterocycles. The van der Waals surface area contributed by atoms with Crippen LogP contribution in [0.5, 0.6) is 0 Å². The summed E-state index contributed by atoms with van der Waals surface area (Å²) in [4.78, 5) is 28.5. The van der Waals surface area contributed by atoms with Crippen molar-refractivity contribution in [1.29, 1.82) is 0 Å². The summed E-state index contributed by atoms with van der Waals surface area (Å²) in [5.74, 6) is -0.808. The summed E-state index contributed by atoms with van der Waals surface area (Å²) in [5.41, 5.74) is 0.808. The van der Waals surface area contributed by atoms with Crippen molar-refractivity contribution in [2.75, 3.05) is 5.75 Å². The van der Waals surface area contributed by atoms with E-state index in [0.717, 1.165) is 5.56 Å². The van der Waals surface area contributed by atoms with E-state index in [0.29, 0.717) is 5.75 Å². The van der Waals surface area contributed by atoms with E-state index in [4.69, 9.17) is 5.11 Å². The maximum Gasteiger partial charge on any atom is 0.327 e. The highest BCUT2D eigenvalue weighted by atomic mass is 32.2. The third-order valence-electron chi connectivity index (χ3n) is 2.87. The SMILES string of the molecule is CC1SCC(C(=O)O)N1C(=O)C=Cc1cccnc1. The molecule has 1 aromatic rings. The second-order valence-corrected chi connectivity index (χ2v) is 5.50. The highest BCUT2D eigenvalue weighted by Gasteiger charge is 2.38. The molecule has 1 amide bonds. The van der Waals surface area contributed by atoms with Crippen LogP contribution in [0.2, 0.25) is 0 Å². The summed E-state index contributed by atoms with van der Waals surface area (Å²) in [6.45, 7) is 1.84. The number of amides is 1. The molecular weight excluding hydrogens is 264 g/mol. The molecule has 1 aliphatic rings. The Balaban J connectivity index is 2.10. The van der Waals surface area contributed by atoms with E-state index < -0.39 is 12.0 Å². The van der Waals surface area contributed by atoms with Gasteiger partial charge in [-0.05, 0) is 24.6 Å². The number of nitrogens with zero attached hydrogens (tertiary/aromatic N) is 2. The quantitative estimate of drug-likeness (QED) is 0.848. The Hall–Kier alpha value is -1.82. The summed E-state index contributed by atoms with van der Waals surface area (Å²) in [7, 11) is 0. The number of aliphatic carboxylic acids is 1. The molecular formula is C13H14N2O3S. The number of carboxylic acid groups (broad SMARTS) is 1. The summed E-state index contributed by atoms with van der Waals surface area (Å²) in [6, 6.07) is 2.86. The minimum atomic E-state index is -0.958. The van der Waals surface area contributed by atoms with Crippen LogP contribution in [0, 0.1) is 0 Å². The average molecular weight is 278 g/mol. The van der Waals surface area contributed by atoms with Crippen molar-refractivity contribution < 1.29 is 14.7 Å². The highest BCUT2D eigenvalue weighted by Crippen LogP contribution is 2.29. The van der Waals surface area contributed by atoms with Crippen LogP contribution in [0.15, 0.2) is 30.6 Å². The molecule has 0 saturated carbocycles. The van der Waals surface area contributed by atoms with Gasteiger partial charge < -0.3 is 10.0 Å². The van der Waals surface area contributed by atoms with E-state index in [1.807, 2.05) is 13.0 Å². The van der Waals surface area contributed by atoms with Crippen LogP contribution >= 0.6 is 11.8 Å². The lowest BCUT2D eigenvalue weighted by Crippen LogP contribution is -2.43. The first-order chi connectivity index (χ1) is 9.09. The lowest BCUT2D eigenvalue weighted by molar-refractivity contribution is -0.147. The molecule has 0 radical (unpaired) electrons. The standard InChI is InChI=1S/C13H14N2O3S/c1-9-15(11(8-19-9)13(17)18)12(16)5-4-10-3-2-6-14-7-10/h2-7,9,11H,8H2,1H3,(H,17,18). The van der Waals surface area contributed by atoms with Gasteiger partial charge in [0.2, 0.25) is 5.91 Å². The number of hydrogen-bond acceptors (Lipinski definition) is 4. The van der Waals surface area contributed by atoms with Crippen LogP contribution in [0.4, 0.5) is 0 Å². The molecule has 100 valence electrons. The van der Waals surface area contributed by atoms with E-state index in [1.54, 1.807) is 24.5 Å². The van der Waals surface area contributed by atoms with E-state index in [1.165, 1.54) is 22.7 Å². The first kappa shape index (κ1) is 13.6. The van der Waals surface area contributed by atoms with Crippen LogP contribution in [-0.4, -0.2) is 44.0 Å². The summed E-state index contributed by atoms with van der Waals surface area (Å²) < 4.78 is 0. The predicted molar refractivity (Wildman–Crippen MR) is 73.5 cm³/mol. The van der Waals surface area contributed by atoms with Crippen molar-refractivity contribution in [3.63, 3.8) is 0 Å². The van der Waals surface area contributed by atoms with Crippen LogP contribution in [0.1, 0.15) is 12.5 Å². The molecule has 2 rings (SSSR count). The van der Waals surface area contributed by atoms with Gasteiger partial charge in [-0.3, -0.25) is 9.78 Å². The smallest absolute Gasteiger partial charge is 0.327 e. The van der Waals surface area contributed by atoms with Crippen LogP contribution in [0.3, 0.4) is 0 Å². The van der Waals surface area contributed by atoms with E-state index in [9.17, 15) is 9.59 Å². The first-order valence-electron chi connectivity index (χ1n) is 5.84. The average Bonchev–Trinajstić information content (AvgIpc) is 2.79. The molecule has 5 nitrogen and oxygen atoms in total. The van der Waals surface area contributed by atoms with E-state index in [-0.39, 0.29) is 11.3 Å². The predicted octanol–water partition coefficient (Wildman–Crippen LogP) is 1.47. The number of rotatable bonds is 3. The number of carboxylic acids is 1. The Labute approximate surface area is 115 Å². The topological polar surface area (TPSA) is 70.5 Å². The number of carbonyl (C=O) groups is 2. The van der Waals surface area contributed by atoms with Gasteiger partial charge in [0.1, 0.15) is 6.04 Å². The number of aromatic nitrogens is 1. The zero-order valence-electron chi connectivity index (χ0n) is 10.4. The molecule has 0 bridgehead atoms. The number of thioether (sulfide) groups is 1. The molecule has 6 heteroatoms. The van der Waals surface area contributed by atoms with Gasteiger partial charge in [-0.15, -0.1) is 11.8 Å². The molecule has 2 unspecified atom stereocenters. The third-order valence-corrected chi connectivity index (χ3v) is 4.08. The van der Waals surface area contributed by atoms with Crippen molar-refractivity contribution in [3.8, 4) is 0 Å². The summed E-state index contributed by atoms with van der Waals surface area (Å²) >= 11 is 1.47. The lowest BCUT2D eigenvalue weighted by Gasteiger charge is -2.23. The van der Waals surface area contributed by atoms with Crippen molar-refractivity contribution in [2.45, 2.75) is 18.3 Å². The number of carbonyl (C=O) groups excluding carboxylic acids is 1. The molecule has 1 N–H and O–H groups in total. The van der Waals surface area contributed by atoms with Crippen LogP contribution in [0.25, 0.3) is 6.08 Å². The second kappa shape index (κ2) is 5.88. The zero-order chi connectivity index (χ0) is 13.8. The van der Waals surface area contributed by atoms with Gasteiger partial charge in [0.15, 0.2) is 0 Å². The number of hydrogen-bond donors (Lipinski definition) is 1. The summed E-state index contributed by atoms with van der Waals surface area (Å²) in [5, 5.41) is 8.98. The first-order valence-corrected chi connectivity index (χ1v) is 6.89. The number of pyridine rings is 1. The van der Waals surface area contributed by atoms with Crippen molar-refractivity contribution in [2.24, 2.45) is 0 Å². The molecule has 19 heavy (non-hydrogen) atoms. The monoisotopic (exact) mass is 278 g/mol. The highest BCUT2D eigenvalue weighted by molar-refractivity contribution is 8.00. The van der Waals surface area contributed by atoms with Gasteiger partial charge in [0, 0.05) is 24.2 Å². The van der Waals surface area contributed by atoms with Crippen LogP contribution in [-0.2, 0) is 9.59 Å². The van der Waals surface area contributed by atoms with Gasteiger partial charge in [0.05, 0.1) is 5.37 Å². The molecule has 1 fully saturated rings. The Morgan fingerprint density at radius 3 is 3.00 bits per heavy atom. The fraction of sp³-hybridized carbons (Fsp3) is 0.308. The van der Waals surface area contributed by atoms with Crippen molar-refractivity contribution in [1.82, 2.24) is 9.88 Å². The lowest BCUT2D eigenvalue weighted by atomic mass is 10.2. The van der Waals surface area contributed by atoms with Gasteiger partial charge >= 0.3 is 5.97 Å². The second-order valence-electron chi connectivity index (χ2n) is 4.15. The molecule has 0 spiro atoms. The van der Waals surface area contributed by atoms with Crippen molar-refractivity contribution in [3.05, 3.63) is 36.2 Å². The molecule has 1 saturated heterocycles. The minimum absolute atomic E-state index is 0.118. The third kappa shape index (κ3) is 3.14. The molecule has 0 aliphatic carbocycles. The molecule has 0 aromatic carbocycles. The van der Waals surface area contributed by atoms with Gasteiger partial charge in [-0.2, -0.15) is 0 Å². The normalized spacial score (nSPS) is 22.9. The molecule has 1 aliphatic heterocycles. The van der Waals surface area contributed by atoms with Crippen molar-refractivity contribution >= 4 is 29.7 Å². The Bertz CT molecular complexity index is 504. The van der Waals surface area contributed by atoms with Gasteiger partial charge in [-0.1, -0.05) is 6.07 Å². The maximum absolute atomic E-state index is 12.1. The van der Waals surface area contributed by atoms with E-state index >= 15 is 0 Å². The Morgan fingerprint density at radius 1 is 1.58 bits per heavy atom. The fourth-order valence-corrected chi connectivity index (χ4v) is 3.07. The maximum atomic E-state index is 12.1. The zero-order valence-corrected chi connectivity index (χ0v) is 11.2.